The van der Waals surface area contributed by atoms with Crippen molar-refractivity contribution in [3.8, 4) is 0 Å². The van der Waals surface area contributed by atoms with Gasteiger partial charge in [-0.3, -0.25) is 4.90 Å². The Morgan fingerprint density at radius 2 is 2.07 bits per heavy atom. The third-order valence-electron chi connectivity index (χ3n) is 2.41. The lowest BCUT2D eigenvalue weighted by Crippen LogP contribution is -2.29. The second-order valence-electron chi connectivity index (χ2n) is 3.79. The molecule has 78 valence electrons. The molecule has 1 aromatic rings. The highest BCUT2D eigenvalue weighted by atomic mass is 19.1. The Kier molecular flexibility index (Phi) is 4.08. The van der Waals surface area contributed by atoms with Gasteiger partial charge in [0.15, 0.2) is 0 Å². The largest absolute Gasteiger partial charge is 0.297 e. The fraction of sp³-hybridized carbons (Fsp3) is 0.500. The second kappa shape index (κ2) is 5.11. The van der Waals surface area contributed by atoms with E-state index in [2.05, 4.69) is 25.7 Å². The van der Waals surface area contributed by atoms with Crippen molar-refractivity contribution < 1.29 is 4.39 Å². The highest BCUT2D eigenvalue weighted by molar-refractivity contribution is 5.16. The summed E-state index contributed by atoms with van der Waals surface area (Å²) in [6.07, 6.45) is 0. The van der Waals surface area contributed by atoms with E-state index in [1.165, 1.54) is 6.07 Å². The molecule has 1 aromatic carbocycles. The summed E-state index contributed by atoms with van der Waals surface area (Å²) in [5.74, 6) is -0.151. The smallest absolute Gasteiger partial charge is 0.123 e. The van der Waals surface area contributed by atoms with Gasteiger partial charge in [-0.2, -0.15) is 0 Å². The van der Waals surface area contributed by atoms with Gasteiger partial charge >= 0.3 is 0 Å². The standard InChI is InChI=1S/C12H18FN/c1-4-14(10(2)3)9-11-6-5-7-12(13)8-11/h5-8,10H,4,9H2,1-3H3. The van der Waals surface area contributed by atoms with Crippen LogP contribution in [0.25, 0.3) is 0 Å². The average molecular weight is 195 g/mol. The molecule has 0 heterocycles. The Morgan fingerprint density at radius 3 is 2.57 bits per heavy atom. The van der Waals surface area contributed by atoms with E-state index in [-0.39, 0.29) is 5.82 Å². The lowest BCUT2D eigenvalue weighted by Gasteiger charge is -2.24. The molecule has 0 amide bonds. The van der Waals surface area contributed by atoms with E-state index in [9.17, 15) is 4.39 Å². The van der Waals surface area contributed by atoms with Gasteiger partial charge in [0.25, 0.3) is 0 Å². The molecule has 0 atom stereocenters. The fourth-order valence-electron chi connectivity index (χ4n) is 1.53. The minimum absolute atomic E-state index is 0.151. The summed E-state index contributed by atoms with van der Waals surface area (Å²) in [4.78, 5) is 2.30. The van der Waals surface area contributed by atoms with Crippen LogP contribution in [0.4, 0.5) is 4.39 Å². The molecule has 1 nitrogen and oxygen atoms in total. The van der Waals surface area contributed by atoms with Crippen molar-refractivity contribution in [2.45, 2.75) is 33.4 Å². The molecule has 0 radical (unpaired) electrons. The maximum atomic E-state index is 12.9. The van der Waals surface area contributed by atoms with Crippen molar-refractivity contribution in [1.29, 1.82) is 0 Å². The second-order valence-corrected chi connectivity index (χ2v) is 3.79. The van der Waals surface area contributed by atoms with Crippen molar-refractivity contribution in [3.05, 3.63) is 35.6 Å². The van der Waals surface area contributed by atoms with E-state index < -0.39 is 0 Å². The third kappa shape index (κ3) is 3.11. The number of nitrogens with zero attached hydrogens (tertiary/aromatic N) is 1. The van der Waals surface area contributed by atoms with Gasteiger partial charge in [0.05, 0.1) is 0 Å². The first-order chi connectivity index (χ1) is 6.63. The first-order valence-corrected chi connectivity index (χ1v) is 5.12. The lowest BCUT2D eigenvalue weighted by atomic mass is 10.2. The topological polar surface area (TPSA) is 3.24 Å². The number of rotatable bonds is 4. The predicted octanol–water partition coefficient (Wildman–Crippen LogP) is 3.06. The summed E-state index contributed by atoms with van der Waals surface area (Å²) in [7, 11) is 0. The summed E-state index contributed by atoms with van der Waals surface area (Å²) < 4.78 is 12.9. The summed E-state index contributed by atoms with van der Waals surface area (Å²) in [6.45, 7) is 8.25. The van der Waals surface area contributed by atoms with E-state index >= 15 is 0 Å². The molecule has 0 spiro atoms. The molecule has 14 heavy (non-hydrogen) atoms. The molecular formula is C12H18FN. The van der Waals surface area contributed by atoms with Crippen LogP contribution in [-0.2, 0) is 6.54 Å². The zero-order valence-electron chi connectivity index (χ0n) is 9.13. The molecule has 0 aliphatic rings. The SMILES string of the molecule is CCN(Cc1cccc(F)c1)C(C)C. The van der Waals surface area contributed by atoms with Crippen LogP contribution in [0.15, 0.2) is 24.3 Å². The van der Waals surface area contributed by atoms with E-state index in [1.54, 1.807) is 12.1 Å². The number of benzene rings is 1. The maximum Gasteiger partial charge on any atom is 0.123 e. The minimum atomic E-state index is -0.151. The first kappa shape index (κ1) is 11.2. The summed E-state index contributed by atoms with van der Waals surface area (Å²) in [5.41, 5.74) is 1.04. The van der Waals surface area contributed by atoms with Gasteiger partial charge in [-0.1, -0.05) is 19.1 Å². The summed E-state index contributed by atoms with van der Waals surface area (Å²) in [6, 6.07) is 7.32. The van der Waals surface area contributed by atoms with Crippen LogP contribution in [0.5, 0.6) is 0 Å². The Hall–Kier alpha value is -0.890. The monoisotopic (exact) mass is 195 g/mol. The maximum absolute atomic E-state index is 12.9. The van der Waals surface area contributed by atoms with Gasteiger partial charge < -0.3 is 0 Å². The van der Waals surface area contributed by atoms with Gasteiger partial charge in [-0.25, -0.2) is 4.39 Å². The molecule has 0 fully saturated rings. The minimum Gasteiger partial charge on any atom is -0.297 e. The van der Waals surface area contributed by atoms with Gasteiger partial charge in [-0.05, 0) is 38.1 Å². The molecule has 0 N–H and O–H groups in total. The first-order valence-electron chi connectivity index (χ1n) is 5.12. The molecular weight excluding hydrogens is 177 g/mol. The molecule has 2 heteroatoms. The average Bonchev–Trinajstić information content (AvgIpc) is 2.14. The van der Waals surface area contributed by atoms with Crippen LogP contribution >= 0.6 is 0 Å². The van der Waals surface area contributed by atoms with Crippen molar-refractivity contribution in [1.82, 2.24) is 4.90 Å². The lowest BCUT2D eigenvalue weighted by molar-refractivity contribution is 0.224. The fourth-order valence-corrected chi connectivity index (χ4v) is 1.53. The highest BCUT2D eigenvalue weighted by Crippen LogP contribution is 2.09. The van der Waals surface area contributed by atoms with Crippen molar-refractivity contribution in [2.75, 3.05) is 6.54 Å². The molecule has 0 saturated heterocycles. The molecule has 0 unspecified atom stereocenters. The Bertz CT molecular complexity index is 283. The quantitative estimate of drug-likeness (QED) is 0.713. The van der Waals surface area contributed by atoms with Gasteiger partial charge in [-0.15, -0.1) is 0 Å². The van der Waals surface area contributed by atoms with Crippen molar-refractivity contribution >= 4 is 0 Å². The molecule has 1 rings (SSSR count). The highest BCUT2D eigenvalue weighted by Gasteiger charge is 2.07. The van der Waals surface area contributed by atoms with E-state index in [0.29, 0.717) is 6.04 Å². The van der Waals surface area contributed by atoms with E-state index in [1.807, 2.05) is 6.07 Å². The van der Waals surface area contributed by atoms with Crippen LogP contribution in [-0.4, -0.2) is 17.5 Å². The van der Waals surface area contributed by atoms with Gasteiger partial charge in [0.2, 0.25) is 0 Å². The third-order valence-corrected chi connectivity index (χ3v) is 2.41. The van der Waals surface area contributed by atoms with Gasteiger partial charge in [0.1, 0.15) is 5.82 Å². The van der Waals surface area contributed by atoms with Crippen molar-refractivity contribution in [2.24, 2.45) is 0 Å². The summed E-state index contributed by atoms with van der Waals surface area (Å²) >= 11 is 0. The zero-order valence-corrected chi connectivity index (χ0v) is 9.13. The van der Waals surface area contributed by atoms with Crippen LogP contribution < -0.4 is 0 Å². The van der Waals surface area contributed by atoms with Crippen LogP contribution in [0.2, 0.25) is 0 Å². The Morgan fingerprint density at radius 1 is 1.36 bits per heavy atom. The van der Waals surface area contributed by atoms with Crippen LogP contribution in [0.3, 0.4) is 0 Å². The van der Waals surface area contributed by atoms with E-state index in [0.717, 1.165) is 18.7 Å². The molecule has 0 saturated carbocycles. The number of halogens is 1. The molecule has 0 aliphatic heterocycles. The zero-order chi connectivity index (χ0) is 10.6. The molecule has 0 bridgehead atoms. The summed E-state index contributed by atoms with van der Waals surface area (Å²) in [5, 5.41) is 0. The Labute approximate surface area is 85.5 Å². The van der Waals surface area contributed by atoms with Gasteiger partial charge in [0, 0.05) is 12.6 Å². The predicted molar refractivity (Wildman–Crippen MR) is 57.6 cm³/mol. The van der Waals surface area contributed by atoms with Crippen LogP contribution in [0.1, 0.15) is 26.3 Å². The molecule has 0 aliphatic carbocycles. The van der Waals surface area contributed by atoms with E-state index in [4.69, 9.17) is 0 Å². The normalized spacial score (nSPS) is 11.3. The Balaban J connectivity index is 2.67. The van der Waals surface area contributed by atoms with Crippen LogP contribution in [0, 0.1) is 5.82 Å². The van der Waals surface area contributed by atoms with Crippen molar-refractivity contribution in [3.63, 3.8) is 0 Å². The number of hydrogen-bond donors (Lipinski definition) is 0. The number of hydrogen-bond acceptors (Lipinski definition) is 1. The molecule has 0 aromatic heterocycles.